The summed E-state index contributed by atoms with van der Waals surface area (Å²) >= 11 is 0. The molecule has 5 heteroatoms. The van der Waals surface area contributed by atoms with Crippen molar-refractivity contribution in [2.75, 3.05) is 26.8 Å². The number of ether oxygens (including phenoxy) is 2. The summed E-state index contributed by atoms with van der Waals surface area (Å²) in [5.41, 5.74) is 0.833. The highest BCUT2D eigenvalue weighted by atomic mass is 16.5. The van der Waals surface area contributed by atoms with Crippen molar-refractivity contribution in [2.45, 2.75) is 25.7 Å². The van der Waals surface area contributed by atoms with Gasteiger partial charge in [0.2, 0.25) is 0 Å². The van der Waals surface area contributed by atoms with E-state index >= 15 is 0 Å². The van der Waals surface area contributed by atoms with Crippen molar-refractivity contribution in [1.82, 2.24) is 4.90 Å². The van der Waals surface area contributed by atoms with Crippen LogP contribution in [0.1, 0.15) is 31.2 Å². The summed E-state index contributed by atoms with van der Waals surface area (Å²) in [5.74, 6) is 0.0860. The van der Waals surface area contributed by atoms with Gasteiger partial charge in [-0.1, -0.05) is 25.0 Å². The molecule has 0 bridgehead atoms. The maximum atomic E-state index is 12.0. The van der Waals surface area contributed by atoms with Gasteiger partial charge in [-0.15, -0.1) is 0 Å². The van der Waals surface area contributed by atoms with E-state index in [1.165, 1.54) is 6.08 Å². The Kier molecular flexibility index (Phi) is 6.66. The predicted octanol–water partition coefficient (Wildman–Crippen LogP) is 2.65. The molecule has 23 heavy (non-hydrogen) atoms. The first-order valence-electron chi connectivity index (χ1n) is 7.96. The number of carbonyl (C=O) groups is 2. The molecule has 1 saturated heterocycles. The topological polar surface area (TPSA) is 55.8 Å². The predicted molar refractivity (Wildman–Crippen MR) is 88.0 cm³/mol. The second-order valence-electron chi connectivity index (χ2n) is 5.51. The second kappa shape index (κ2) is 8.98. The summed E-state index contributed by atoms with van der Waals surface area (Å²) in [4.78, 5) is 25.5. The first-order chi connectivity index (χ1) is 11.2. The number of rotatable bonds is 5. The van der Waals surface area contributed by atoms with Gasteiger partial charge in [0.05, 0.1) is 7.11 Å². The molecule has 0 saturated carbocycles. The van der Waals surface area contributed by atoms with Crippen LogP contribution in [0.25, 0.3) is 6.08 Å². The second-order valence-corrected chi connectivity index (χ2v) is 5.51. The highest BCUT2D eigenvalue weighted by Crippen LogP contribution is 2.13. The lowest BCUT2D eigenvalue weighted by atomic mass is 10.2. The molecule has 2 rings (SSSR count). The van der Waals surface area contributed by atoms with Crippen LogP contribution in [0.15, 0.2) is 30.3 Å². The smallest absolute Gasteiger partial charge is 0.331 e. The van der Waals surface area contributed by atoms with Gasteiger partial charge in [-0.3, -0.25) is 4.79 Å². The third-order valence-electron chi connectivity index (χ3n) is 3.80. The number of esters is 1. The minimum absolute atomic E-state index is 0.116. The fraction of sp³-hybridized carbons (Fsp3) is 0.444. The van der Waals surface area contributed by atoms with Gasteiger partial charge >= 0.3 is 5.97 Å². The minimum atomic E-state index is -0.518. The van der Waals surface area contributed by atoms with Crippen LogP contribution < -0.4 is 4.74 Å². The number of nitrogens with zero attached hydrogens (tertiary/aromatic N) is 1. The van der Waals surface area contributed by atoms with Gasteiger partial charge in [0.1, 0.15) is 5.75 Å². The number of likely N-dealkylation sites (tertiary alicyclic amines) is 1. The Morgan fingerprint density at radius 3 is 2.61 bits per heavy atom. The summed E-state index contributed by atoms with van der Waals surface area (Å²) < 4.78 is 10.1. The van der Waals surface area contributed by atoms with Crippen LogP contribution >= 0.6 is 0 Å². The lowest BCUT2D eigenvalue weighted by Gasteiger charge is -2.19. The van der Waals surface area contributed by atoms with Crippen LogP contribution in [0.5, 0.6) is 5.75 Å². The van der Waals surface area contributed by atoms with Gasteiger partial charge in [0, 0.05) is 19.2 Å². The first-order valence-corrected chi connectivity index (χ1v) is 7.96. The van der Waals surface area contributed by atoms with Crippen molar-refractivity contribution in [2.24, 2.45) is 0 Å². The first kappa shape index (κ1) is 17.1. The fourth-order valence-corrected chi connectivity index (χ4v) is 2.50. The summed E-state index contributed by atoms with van der Waals surface area (Å²) in [6.45, 7) is 1.33. The molecule has 1 fully saturated rings. The van der Waals surface area contributed by atoms with E-state index in [9.17, 15) is 9.59 Å². The molecule has 1 aromatic carbocycles. The molecule has 1 aliphatic heterocycles. The van der Waals surface area contributed by atoms with Crippen LogP contribution in [-0.4, -0.2) is 43.6 Å². The summed E-state index contributed by atoms with van der Waals surface area (Å²) in [5, 5.41) is 0. The molecule has 0 aromatic heterocycles. The molecular weight excluding hydrogens is 294 g/mol. The van der Waals surface area contributed by atoms with E-state index in [1.807, 2.05) is 24.3 Å². The molecule has 0 aliphatic carbocycles. The SMILES string of the molecule is COc1cccc(C=CC(=O)OCC(=O)N2CCCCCC2)c1. The number of benzene rings is 1. The van der Waals surface area contributed by atoms with Crippen LogP contribution in [0, 0.1) is 0 Å². The van der Waals surface area contributed by atoms with Crippen molar-refractivity contribution >= 4 is 18.0 Å². The van der Waals surface area contributed by atoms with Gasteiger partial charge in [-0.05, 0) is 36.6 Å². The van der Waals surface area contributed by atoms with E-state index in [-0.39, 0.29) is 12.5 Å². The molecule has 1 aromatic rings. The Balaban J connectivity index is 1.79. The van der Waals surface area contributed by atoms with Crippen molar-refractivity contribution in [3.8, 4) is 5.75 Å². The molecule has 5 nitrogen and oxygen atoms in total. The maximum absolute atomic E-state index is 12.0. The third kappa shape index (κ3) is 5.77. The van der Waals surface area contributed by atoms with E-state index < -0.39 is 5.97 Å². The molecule has 1 aliphatic rings. The number of amides is 1. The zero-order chi connectivity index (χ0) is 16.5. The normalized spacial score (nSPS) is 15.3. The van der Waals surface area contributed by atoms with E-state index in [0.29, 0.717) is 0 Å². The molecule has 1 heterocycles. The minimum Gasteiger partial charge on any atom is -0.497 e. The number of hydrogen-bond acceptors (Lipinski definition) is 4. The van der Waals surface area contributed by atoms with E-state index in [2.05, 4.69) is 0 Å². The number of hydrogen-bond donors (Lipinski definition) is 0. The van der Waals surface area contributed by atoms with Crippen LogP contribution in [0.3, 0.4) is 0 Å². The van der Waals surface area contributed by atoms with Gasteiger partial charge in [-0.25, -0.2) is 4.79 Å². The lowest BCUT2D eigenvalue weighted by Crippen LogP contribution is -2.35. The van der Waals surface area contributed by atoms with Gasteiger partial charge < -0.3 is 14.4 Å². The highest BCUT2D eigenvalue weighted by molar-refractivity contribution is 5.89. The summed E-state index contributed by atoms with van der Waals surface area (Å²) in [6.07, 6.45) is 7.33. The zero-order valence-electron chi connectivity index (χ0n) is 13.5. The monoisotopic (exact) mass is 317 g/mol. The maximum Gasteiger partial charge on any atom is 0.331 e. The number of methoxy groups -OCH3 is 1. The average Bonchev–Trinajstić information content (AvgIpc) is 2.87. The highest BCUT2D eigenvalue weighted by Gasteiger charge is 2.16. The quantitative estimate of drug-likeness (QED) is 0.619. The fourth-order valence-electron chi connectivity index (χ4n) is 2.50. The van der Waals surface area contributed by atoms with E-state index in [0.717, 1.165) is 50.1 Å². The Bertz CT molecular complexity index is 560. The molecule has 124 valence electrons. The zero-order valence-corrected chi connectivity index (χ0v) is 13.5. The van der Waals surface area contributed by atoms with Crippen LogP contribution in [0.2, 0.25) is 0 Å². The Labute approximate surface area is 136 Å². The molecule has 0 radical (unpaired) electrons. The largest absolute Gasteiger partial charge is 0.497 e. The molecule has 0 spiro atoms. The van der Waals surface area contributed by atoms with Gasteiger partial charge in [0.15, 0.2) is 6.61 Å². The Morgan fingerprint density at radius 2 is 1.91 bits per heavy atom. The molecular formula is C18H23NO4. The summed E-state index contributed by atoms with van der Waals surface area (Å²) in [7, 11) is 1.59. The average molecular weight is 317 g/mol. The van der Waals surface area contributed by atoms with Crippen LogP contribution in [0.4, 0.5) is 0 Å². The molecule has 0 unspecified atom stereocenters. The van der Waals surface area contributed by atoms with E-state index in [1.54, 1.807) is 18.1 Å². The van der Waals surface area contributed by atoms with E-state index in [4.69, 9.17) is 9.47 Å². The summed E-state index contributed by atoms with van der Waals surface area (Å²) in [6, 6.07) is 7.34. The molecule has 1 amide bonds. The van der Waals surface area contributed by atoms with Crippen molar-refractivity contribution < 1.29 is 19.1 Å². The van der Waals surface area contributed by atoms with Crippen LogP contribution in [-0.2, 0) is 14.3 Å². The Hall–Kier alpha value is -2.30. The number of carbonyl (C=O) groups excluding carboxylic acids is 2. The van der Waals surface area contributed by atoms with Gasteiger partial charge in [-0.2, -0.15) is 0 Å². The Morgan fingerprint density at radius 1 is 1.17 bits per heavy atom. The molecule has 0 atom stereocenters. The standard InChI is InChI=1S/C18H23NO4/c1-22-16-8-6-7-15(13-16)9-10-18(21)23-14-17(20)19-11-4-2-3-5-12-19/h6-10,13H,2-5,11-12,14H2,1H3. The van der Waals surface area contributed by atoms with Crippen molar-refractivity contribution in [3.05, 3.63) is 35.9 Å². The van der Waals surface area contributed by atoms with Gasteiger partial charge in [0.25, 0.3) is 5.91 Å². The van der Waals surface area contributed by atoms with Crippen molar-refractivity contribution in [3.63, 3.8) is 0 Å². The third-order valence-corrected chi connectivity index (χ3v) is 3.80. The lowest BCUT2D eigenvalue weighted by molar-refractivity contribution is -0.148. The molecule has 0 N–H and O–H groups in total. The van der Waals surface area contributed by atoms with Crippen molar-refractivity contribution in [1.29, 1.82) is 0 Å².